The molecule has 0 aliphatic carbocycles. The fraction of sp³-hybridized carbons (Fsp3) is 0.596. The molecule has 36 nitrogen and oxygen atoms in total. The number of nitrogens with one attached hydrogen (secondary N) is 3. The number of aliphatic hydroxyl groups is 7. The summed E-state index contributed by atoms with van der Waals surface area (Å²) in [5.41, 5.74) is 6.23. The number of hydrogen-bond acceptors (Lipinski definition) is 38. The van der Waals surface area contributed by atoms with Crippen LogP contribution in [-0.4, -0.2) is 297 Å². The molecule has 7 aliphatic rings. The zero-order chi connectivity index (χ0) is 98.3. The predicted octanol–water partition coefficient (Wildman–Crippen LogP) is 10.9. The first-order chi connectivity index (χ1) is 66.6. The lowest BCUT2D eigenvalue weighted by atomic mass is 9.90. The first-order valence-corrected chi connectivity index (χ1v) is 49.2. The van der Waals surface area contributed by atoms with E-state index in [1.54, 1.807) is 88.3 Å². The SMILES string of the molecule is CCCCCN1CCCNC1c1ccc(O)c(OC)c1.COc1cc(C2(CCCCCO)NCCCN2)ccc1O.COc1cc(C2(CCCCCO)SCCS2)ccc1O.COc1cc(C2(OCCOCCCc3cncnc3)OCCO2)ccc1O.COc1cc(C2(OCCO[C@H]3OC(CO)[C@@H](O)C(O)[C@H]3O)OCCO2)ccc1O.COc1cc(C2OCC(CCCCCO)O2)ccc1O. The number of aryl methyl sites for hydroxylation is 1. The lowest BCUT2D eigenvalue weighted by molar-refractivity contribution is -0.352. The number of aromatic nitrogens is 2. The molecule has 7 saturated heterocycles. The van der Waals surface area contributed by atoms with E-state index in [2.05, 4.69) is 37.7 Å². The Balaban J connectivity index is 0.000000185. The summed E-state index contributed by atoms with van der Waals surface area (Å²) >= 11 is 3.98. The molecule has 16 N–H and O–H groups in total. The second-order valence-corrected chi connectivity index (χ2v) is 36.3. The van der Waals surface area contributed by atoms with Crippen LogP contribution in [0.15, 0.2) is 128 Å². The third-order valence-electron chi connectivity index (χ3n) is 23.7. The smallest absolute Gasteiger partial charge is 0.312 e. The maximum absolute atomic E-state index is 9.97. The highest BCUT2D eigenvalue weighted by atomic mass is 32.2. The Morgan fingerprint density at radius 1 is 0.467 bits per heavy atom. The summed E-state index contributed by atoms with van der Waals surface area (Å²) in [5, 5.41) is 134. The molecule has 137 heavy (non-hydrogen) atoms. The number of methoxy groups -OCH3 is 6. The van der Waals surface area contributed by atoms with Gasteiger partial charge in [-0.2, -0.15) is 0 Å². The van der Waals surface area contributed by atoms with E-state index in [-0.39, 0.29) is 109 Å². The van der Waals surface area contributed by atoms with Crippen molar-refractivity contribution < 1.29 is 147 Å². The maximum atomic E-state index is 9.97. The van der Waals surface area contributed by atoms with Gasteiger partial charge in [-0.3, -0.25) is 20.9 Å². The van der Waals surface area contributed by atoms with Gasteiger partial charge in [-0.15, -0.1) is 23.5 Å². The summed E-state index contributed by atoms with van der Waals surface area (Å²) in [6.07, 6.45) is 17.9. The number of phenols is 6. The van der Waals surface area contributed by atoms with Gasteiger partial charge in [0.25, 0.3) is 0 Å². The van der Waals surface area contributed by atoms with Crippen LogP contribution in [0.25, 0.3) is 0 Å². The molecule has 7 aromatic rings. The molecule has 7 aliphatic heterocycles. The Kier molecular flexibility index (Phi) is 49.4. The quantitative estimate of drug-likeness (QED) is 0.0158. The van der Waals surface area contributed by atoms with Crippen molar-refractivity contribution in [2.75, 3.05) is 179 Å². The number of unbranched alkanes of at least 4 members (excludes halogenated alkanes) is 8. The second kappa shape index (κ2) is 60.2. The Morgan fingerprint density at radius 2 is 0.949 bits per heavy atom. The molecule has 0 spiro atoms. The van der Waals surface area contributed by atoms with E-state index in [4.69, 9.17) is 95.8 Å². The number of hydrogen-bond donors (Lipinski definition) is 16. The van der Waals surface area contributed by atoms with Crippen LogP contribution in [0.2, 0.25) is 0 Å². The molecule has 1 aromatic heterocycles. The van der Waals surface area contributed by atoms with Crippen molar-refractivity contribution in [2.45, 2.75) is 200 Å². The second-order valence-electron chi connectivity index (χ2n) is 33.2. The lowest BCUT2D eigenvalue weighted by Crippen LogP contribution is -2.59. The van der Waals surface area contributed by atoms with E-state index in [9.17, 15) is 51.1 Å². The lowest BCUT2D eigenvalue weighted by Gasteiger charge is -2.40. The van der Waals surface area contributed by atoms with Gasteiger partial charge >= 0.3 is 11.9 Å². The van der Waals surface area contributed by atoms with Crippen LogP contribution in [0.3, 0.4) is 0 Å². The number of thioether (sulfide) groups is 2. The standard InChI is InChI=1S/C19H24N2O6.C18H26O11.C16H26N2O3.C16H26N2O2.C15H22O5.C15H22O3S2/c1-23-18-11-16(4-5-17(18)22)19(26-9-10-27-19)25-8-7-24-6-2-3-15-12-20-14-21-13-15;1-24-12-8-10(2-3-11(12)20)18(27-6-7-28-18)26-5-4-25-17-16(23)15(22)14(21)13(9-19)29-17;1-21-15-12-13(6-7-14(15)20)16(8-3-2-4-11-19)17-9-5-10-18-16;1-3-4-5-10-18-11-6-9-17-16(18)13-7-8-14(19)15(12-13)20-2;1-18-14-9-11(6-7-13(14)17)15-19-10-12(20-15)5-3-2-4-8-16;1-18-14-11-12(5-6-13(14)17)15(19-9-10-20-15)7-3-2-4-8-16/h4-5,11-14,22H,2-3,6-10H2,1H3;2-3,8,13-17,19-23H,4-7,9H2,1H3;6-7,12,17-20H,2-5,8-11H2,1H3;7-8,12,16-17,19H,3-6,9-11H2,1-2H3;6-7,9,12,15-17H,2-5,8,10H2,1H3;5-6,11,16-17H,2-4,7-10H2,1H3/t;13?,14-,15?,16-,17+;;;;/m.1..../s1. The molecular formula is C99H146N6O30S2. The van der Waals surface area contributed by atoms with Crippen LogP contribution in [0, 0.1) is 0 Å². The van der Waals surface area contributed by atoms with Crippen LogP contribution in [0.4, 0.5) is 0 Å². The number of phenolic OH excluding ortho intramolecular Hbond substituents is 6. The Hall–Kier alpha value is -8.18. The van der Waals surface area contributed by atoms with Crippen molar-refractivity contribution in [1.29, 1.82) is 0 Å². The summed E-state index contributed by atoms with van der Waals surface area (Å²) in [6, 6.07) is 31.3. The van der Waals surface area contributed by atoms with E-state index in [0.717, 1.165) is 163 Å². The van der Waals surface area contributed by atoms with Gasteiger partial charge in [-0.1, -0.05) is 76.1 Å². The van der Waals surface area contributed by atoms with E-state index >= 15 is 0 Å². The van der Waals surface area contributed by atoms with Crippen LogP contribution in [-0.2, 0) is 80.2 Å². The number of nitrogens with zero attached hydrogens (tertiary/aromatic N) is 3. The maximum Gasteiger partial charge on any atom is 0.312 e. The van der Waals surface area contributed by atoms with Gasteiger partial charge in [0.2, 0.25) is 0 Å². The highest BCUT2D eigenvalue weighted by Crippen LogP contribution is 2.56. The first kappa shape index (κ1) is 112. The molecule has 0 radical (unpaired) electrons. The molecule has 0 amide bonds. The van der Waals surface area contributed by atoms with E-state index in [0.29, 0.717) is 79.5 Å². The molecular weight excluding hydrogens is 1820 g/mol. The van der Waals surface area contributed by atoms with E-state index < -0.39 is 55.5 Å². The molecule has 8 heterocycles. The van der Waals surface area contributed by atoms with Crippen molar-refractivity contribution in [2.24, 2.45) is 0 Å². The van der Waals surface area contributed by atoms with Crippen LogP contribution >= 0.6 is 23.5 Å². The molecule has 14 rings (SSSR count). The van der Waals surface area contributed by atoms with E-state index in [1.165, 1.54) is 77.1 Å². The minimum absolute atomic E-state index is 0.0431. The van der Waals surface area contributed by atoms with Gasteiger partial charge in [0.05, 0.1) is 131 Å². The van der Waals surface area contributed by atoms with Gasteiger partial charge in [0.15, 0.2) is 81.6 Å². The zero-order valence-corrected chi connectivity index (χ0v) is 81.6. The summed E-state index contributed by atoms with van der Waals surface area (Å²) < 4.78 is 93.1. The van der Waals surface area contributed by atoms with Gasteiger partial charge in [-0.05, 0) is 210 Å². The van der Waals surface area contributed by atoms with E-state index in [1.807, 2.05) is 59.9 Å². The number of ether oxygens (including phenoxy) is 17. The number of rotatable bonds is 45. The van der Waals surface area contributed by atoms with Crippen molar-refractivity contribution in [3.63, 3.8) is 0 Å². The predicted molar refractivity (Wildman–Crippen MR) is 513 cm³/mol. The fourth-order valence-electron chi connectivity index (χ4n) is 16.3. The minimum atomic E-state index is -1.52. The molecule has 5 unspecified atom stereocenters. The third-order valence-corrected chi connectivity index (χ3v) is 27.3. The molecule has 764 valence electrons. The molecule has 7 fully saturated rings. The highest BCUT2D eigenvalue weighted by molar-refractivity contribution is 8.20. The summed E-state index contributed by atoms with van der Waals surface area (Å²) in [5.74, 6) is 2.72. The fourth-order valence-corrected chi connectivity index (χ4v) is 19.7. The monoisotopic (exact) mass is 1960 g/mol. The van der Waals surface area contributed by atoms with Crippen LogP contribution in [0.5, 0.6) is 69.0 Å². The average molecular weight is 1960 g/mol. The topological polar surface area (TPSA) is 485 Å². The molecule has 38 heteroatoms. The number of aromatic hydroxyl groups is 6. The van der Waals surface area contributed by atoms with Gasteiger partial charge in [0, 0.05) is 73.6 Å². The zero-order valence-electron chi connectivity index (χ0n) is 79.9. The minimum Gasteiger partial charge on any atom is -0.504 e. The largest absolute Gasteiger partial charge is 0.504 e. The van der Waals surface area contributed by atoms with Crippen LogP contribution in [0.1, 0.15) is 174 Å². The van der Waals surface area contributed by atoms with Gasteiger partial charge in [-0.25, -0.2) is 9.97 Å². The molecule has 0 saturated carbocycles. The number of aliphatic hydroxyl groups excluding tert-OH is 7. The van der Waals surface area contributed by atoms with Gasteiger partial charge in [0.1, 0.15) is 30.7 Å². The van der Waals surface area contributed by atoms with Crippen LogP contribution < -0.4 is 44.4 Å². The Morgan fingerprint density at radius 3 is 1.48 bits per heavy atom. The van der Waals surface area contributed by atoms with Crippen molar-refractivity contribution in [3.05, 3.63) is 167 Å². The summed E-state index contributed by atoms with van der Waals surface area (Å²) in [6.45, 7) is 10.9. The van der Waals surface area contributed by atoms with Crippen molar-refractivity contribution in [3.8, 4) is 69.0 Å². The summed E-state index contributed by atoms with van der Waals surface area (Å²) in [7, 11) is 9.15. The first-order valence-electron chi connectivity index (χ1n) is 47.2. The molecule has 8 atom stereocenters. The Labute approximate surface area is 812 Å². The molecule has 6 aromatic carbocycles. The van der Waals surface area contributed by atoms with Gasteiger partial charge < -0.3 is 147 Å². The Bertz CT molecular complexity index is 4540. The average Bonchev–Trinajstić information content (AvgIpc) is 1.50. The number of benzene rings is 6. The van der Waals surface area contributed by atoms with Crippen molar-refractivity contribution in [1.82, 2.24) is 30.8 Å². The third kappa shape index (κ3) is 33.8. The molecule has 0 bridgehead atoms. The normalized spacial score (nSPS) is 21.2. The van der Waals surface area contributed by atoms with Crippen molar-refractivity contribution >= 4 is 23.5 Å². The highest BCUT2D eigenvalue weighted by Gasteiger charge is 2.47. The summed E-state index contributed by atoms with van der Waals surface area (Å²) in [4.78, 5) is 10.5.